The van der Waals surface area contributed by atoms with Crippen LogP contribution in [0.15, 0.2) is 41.9 Å². The SMILES string of the molecule is C=CCCCCCN(C)C(=NC)NCc1cccc(OCCN(C)C2CCOCC2)c1. The predicted molar refractivity (Wildman–Crippen MR) is 130 cm³/mol. The first kappa shape index (κ1) is 25.2. The summed E-state index contributed by atoms with van der Waals surface area (Å²) < 4.78 is 11.5. The highest BCUT2D eigenvalue weighted by atomic mass is 16.5. The van der Waals surface area contributed by atoms with Gasteiger partial charge in [0.05, 0.1) is 0 Å². The molecule has 2 rings (SSSR count). The van der Waals surface area contributed by atoms with Crippen LogP contribution in [0.3, 0.4) is 0 Å². The molecular formula is C25H42N4O2. The van der Waals surface area contributed by atoms with Gasteiger partial charge in [-0.3, -0.25) is 9.89 Å². The summed E-state index contributed by atoms with van der Waals surface area (Å²) in [5, 5.41) is 3.47. The number of allylic oxidation sites excluding steroid dienone is 1. The average Bonchev–Trinajstić information content (AvgIpc) is 2.80. The summed E-state index contributed by atoms with van der Waals surface area (Å²) in [5.74, 6) is 1.85. The fourth-order valence-electron chi connectivity index (χ4n) is 3.85. The fraction of sp³-hybridized carbons (Fsp3) is 0.640. The zero-order chi connectivity index (χ0) is 22.3. The van der Waals surface area contributed by atoms with E-state index in [0.29, 0.717) is 12.6 Å². The molecular weight excluding hydrogens is 388 g/mol. The number of hydrogen-bond acceptors (Lipinski definition) is 4. The first-order valence-corrected chi connectivity index (χ1v) is 11.7. The van der Waals surface area contributed by atoms with Crippen LogP contribution in [0.2, 0.25) is 0 Å². The van der Waals surface area contributed by atoms with Gasteiger partial charge in [0.25, 0.3) is 0 Å². The van der Waals surface area contributed by atoms with E-state index >= 15 is 0 Å². The van der Waals surface area contributed by atoms with Crippen molar-refractivity contribution in [1.82, 2.24) is 15.1 Å². The molecule has 174 valence electrons. The highest BCUT2D eigenvalue weighted by molar-refractivity contribution is 5.79. The molecule has 1 aromatic carbocycles. The molecule has 0 unspecified atom stereocenters. The normalized spacial score (nSPS) is 15.2. The van der Waals surface area contributed by atoms with Crippen molar-refractivity contribution in [2.45, 2.75) is 51.1 Å². The van der Waals surface area contributed by atoms with Crippen molar-refractivity contribution in [3.8, 4) is 5.75 Å². The van der Waals surface area contributed by atoms with Gasteiger partial charge in [-0.15, -0.1) is 6.58 Å². The second-order valence-electron chi connectivity index (χ2n) is 8.28. The predicted octanol–water partition coefficient (Wildman–Crippen LogP) is 3.93. The number of rotatable bonds is 13. The van der Waals surface area contributed by atoms with Crippen LogP contribution < -0.4 is 10.1 Å². The molecule has 1 aliphatic rings. The summed E-state index contributed by atoms with van der Waals surface area (Å²) in [7, 11) is 6.11. The molecule has 6 heteroatoms. The molecule has 1 heterocycles. The third-order valence-corrected chi connectivity index (χ3v) is 5.85. The van der Waals surface area contributed by atoms with Crippen LogP contribution in [-0.4, -0.2) is 75.9 Å². The molecule has 0 amide bonds. The van der Waals surface area contributed by atoms with Gasteiger partial charge in [0, 0.05) is 53.0 Å². The molecule has 1 aliphatic heterocycles. The number of nitrogens with zero attached hydrogens (tertiary/aromatic N) is 3. The second kappa shape index (κ2) is 14.9. The lowest BCUT2D eigenvalue weighted by Crippen LogP contribution is -2.39. The summed E-state index contributed by atoms with van der Waals surface area (Å²) in [6.45, 7) is 8.88. The smallest absolute Gasteiger partial charge is 0.193 e. The molecule has 31 heavy (non-hydrogen) atoms. The summed E-state index contributed by atoms with van der Waals surface area (Å²) in [6, 6.07) is 8.93. The van der Waals surface area contributed by atoms with Crippen molar-refractivity contribution in [3.05, 3.63) is 42.5 Å². The van der Waals surface area contributed by atoms with E-state index in [2.05, 4.69) is 59.0 Å². The quantitative estimate of drug-likeness (QED) is 0.222. The summed E-state index contributed by atoms with van der Waals surface area (Å²) in [6.07, 6.45) is 8.91. The van der Waals surface area contributed by atoms with E-state index in [0.717, 1.165) is 70.2 Å². The Morgan fingerprint density at radius 1 is 1.23 bits per heavy atom. The molecule has 1 saturated heterocycles. The van der Waals surface area contributed by atoms with Crippen molar-refractivity contribution in [2.24, 2.45) is 4.99 Å². The van der Waals surface area contributed by atoms with Gasteiger partial charge in [0.1, 0.15) is 12.4 Å². The van der Waals surface area contributed by atoms with Crippen molar-refractivity contribution in [3.63, 3.8) is 0 Å². The lowest BCUT2D eigenvalue weighted by atomic mass is 10.1. The van der Waals surface area contributed by atoms with Gasteiger partial charge in [-0.2, -0.15) is 0 Å². The highest BCUT2D eigenvalue weighted by Crippen LogP contribution is 2.15. The van der Waals surface area contributed by atoms with Gasteiger partial charge in [-0.25, -0.2) is 0 Å². The maximum atomic E-state index is 6.03. The molecule has 6 nitrogen and oxygen atoms in total. The van der Waals surface area contributed by atoms with Crippen LogP contribution >= 0.6 is 0 Å². The Morgan fingerprint density at radius 3 is 2.77 bits per heavy atom. The van der Waals surface area contributed by atoms with E-state index < -0.39 is 0 Å². The van der Waals surface area contributed by atoms with Crippen LogP contribution in [0.1, 0.15) is 44.1 Å². The van der Waals surface area contributed by atoms with Gasteiger partial charge in [-0.1, -0.05) is 24.6 Å². The molecule has 0 bridgehead atoms. The standard InChI is InChI=1S/C25H42N4O2/c1-5-6-7-8-9-15-29(4)25(26-2)27-21-22-11-10-12-24(20-22)31-19-16-28(3)23-13-17-30-18-14-23/h5,10-12,20,23H,1,6-9,13-19,21H2,2-4H3,(H,26,27). The van der Waals surface area contributed by atoms with Gasteiger partial charge in [0.15, 0.2) is 5.96 Å². The summed E-state index contributed by atoms with van der Waals surface area (Å²) >= 11 is 0. The van der Waals surface area contributed by atoms with Gasteiger partial charge >= 0.3 is 0 Å². The van der Waals surface area contributed by atoms with E-state index in [4.69, 9.17) is 9.47 Å². The minimum atomic E-state index is 0.610. The van der Waals surface area contributed by atoms with E-state index in [-0.39, 0.29) is 0 Å². The van der Waals surface area contributed by atoms with Crippen molar-refractivity contribution < 1.29 is 9.47 Å². The summed E-state index contributed by atoms with van der Waals surface area (Å²) in [4.78, 5) is 9.01. The van der Waals surface area contributed by atoms with E-state index in [1.54, 1.807) is 0 Å². The zero-order valence-electron chi connectivity index (χ0n) is 19.8. The number of unbranched alkanes of at least 4 members (excludes halogenated alkanes) is 3. The topological polar surface area (TPSA) is 49.3 Å². The maximum Gasteiger partial charge on any atom is 0.193 e. The van der Waals surface area contributed by atoms with Crippen LogP contribution in [-0.2, 0) is 11.3 Å². The van der Waals surface area contributed by atoms with Crippen molar-refractivity contribution >= 4 is 5.96 Å². The monoisotopic (exact) mass is 430 g/mol. The van der Waals surface area contributed by atoms with Crippen molar-refractivity contribution in [2.75, 3.05) is 54.1 Å². The molecule has 1 aromatic rings. The van der Waals surface area contributed by atoms with Crippen LogP contribution in [0.5, 0.6) is 5.75 Å². The van der Waals surface area contributed by atoms with Gasteiger partial charge in [0.2, 0.25) is 0 Å². The minimum Gasteiger partial charge on any atom is -0.492 e. The Bertz CT molecular complexity index is 659. The molecule has 1 N–H and O–H groups in total. The first-order chi connectivity index (χ1) is 15.1. The lowest BCUT2D eigenvalue weighted by Gasteiger charge is -2.31. The van der Waals surface area contributed by atoms with E-state index in [9.17, 15) is 0 Å². The molecule has 0 radical (unpaired) electrons. The number of aliphatic imine (C=N–C) groups is 1. The lowest BCUT2D eigenvalue weighted by molar-refractivity contribution is 0.0392. The molecule has 0 atom stereocenters. The van der Waals surface area contributed by atoms with Crippen LogP contribution in [0.25, 0.3) is 0 Å². The molecule has 0 saturated carbocycles. The van der Waals surface area contributed by atoms with Crippen molar-refractivity contribution in [1.29, 1.82) is 0 Å². The Morgan fingerprint density at radius 2 is 2.03 bits per heavy atom. The third-order valence-electron chi connectivity index (χ3n) is 5.85. The van der Waals surface area contributed by atoms with Gasteiger partial charge < -0.3 is 19.7 Å². The first-order valence-electron chi connectivity index (χ1n) is 11.7. The van der Waals surface area contributed by atoms with Gasteiger partial charge in [-0.05, 0) is 56.8 Å². The molecule has 1 fully saturated rings. The largest absolute Gasteiger partial charge is 0.492 e. The Labute approximate surface area is 189 Å². The minimum absolute atomic E-state index is 0.610. The Balaban J connectivity index is 1.72. The molecule has 0 aromatic heterocycles. The van der Waals surface area contributed by atoms with E-state index in [1.165, 1.54) is 18.4 Å². The summed E-state index contributed by atoms with van der Waals surface area (Å²) in [5.41, 5.74) is 1.19. The Hall–Kier alpha value is -2.05. The van der Waals surface area contributed by atoms with E-state index in [1.807, 2.05) is 19.2 Å². The second-order valence-corrected chi connectivity index (χ2v) is 8.28. The molecule has 0 aliphatic carbocycles. The van der Waals surface area contributed by atoms with Crippen LogP contribution in [0, 0.1) is 0 Å². The van der Waals surface area contributed by atoms with Crippen LogP contribution in [0.4, 0.5) is 0 Å². The third kappa shape index (κ3) is 9.74. The fourth-order valence-corrected chi connectivity index (χ4v) is 3.85. The number of likely N-dealkylation sites (N-methyl/N-ethyl adjacent to an activating group) is 1. The zero-order valence-corrected chi connectivity index (χ0v) is 19.8. The average molecular weight is 431 g/mol. The molecule has 0 spiro atoms. The number of hydrogen-bond donors (Lipinski definition) is 1. The maximum absolute atomic E-state index is 6.03. The number of nitrogens with one attached hydrogen (secondary N) is 1. The Kier molecular flexibility index (Phi) is 12.1. The number of guanidine groups is 1. The number of benzene rings is 1. The highest BCUT2D eigenvalue weighted by Gasteiger charge is 2.18. The number of ether oxygens (including phenoxy) is 2.